The Hall–Kier alpha value is -2.28. The third-order valence-corrected chi connectivity index (χ3v) is 4.72. The van der Waals surface area contributed by atoms with Gasteiger partial charge >= 0.3 is 6.18 Å². The number of carbonyl (C=O) groups excluding carboxylic acids is 1. The van der Waals surface area contributed by atoms with E-state index in [9.17, 15) is 18.0 Å². The number of hydrogen-bond donors (Lipinski definition) is 1. The lowest BCUT2D eigenvalue weighted by atomic mass is 10.1. The molecule has 0 saturated carbocycles. The largest absolute Gasteiger partial charge is 0.417 e. The predicted octanol–water partition coefficient (Wildman–Crippen LogP) is 4.08. The zero-order chi connectivity index (χ0) is 19.4. The quantitative estimate of drug-likeness (QED) is 0.826. The highest BCUT2D eigenvalue weighted by Crippen LogP contribution is 2.29. The normalized spacial score (nSPS) is 17.2. The number of aromatic nitrogens is 1. The van der Waals surface area contributed by atoms with E-state index < -0.39 is 11.7 Å². The Labute approximate surface area is 160 Å². The van der Waals surface area contributed by atoms with Crippen LogP contribution in [0.4, 0.5) is 19.0 Å². The maximum Gasteiger partial charge on any atom is 0.417 e. The Morgan fingerprint density at radius 1 is 1.30 bits per heavy atom. The van der Waals surface area contributed by atoms with Crippen molar-refractivity contribution in [2.75, 3.05) is 18.0 Å². The molecule has 1 amide bonds. The van der Waals surface area contributed by atoms with Crippen molar-refractivity contribution >= 4 is 23.3 Å². The summed E-state index contributed by atoms with van der Waals surface area (Å²) in [5, 5.41) is 3.62. The van der Waals surface area contributed by atoms with Gasteiger partial charge in [-0.2, -0.15) is 13.2 Å². The topological polar surface area (TPSA) is 45.2 Å². The molecule has 1 aromatic heterocycles. The first kappa shape index (κ1) is 19.5. The van der Waals surface area contributed by atoms with Crippen LogP contribution in [0.3, 0.4) is 0 Å². The summed E-state index contributed by atoms with van der Waals surface area (Å²) in [7, 11) is 0. The molecular weight excluding hydrogens is 379 g/mol. The number of hydrogen-bond acceptors (Lipinski definition) is 3. The van der Waals surface area contributed by atoms with Crippen LogP contribution in [0.1, 0.15) is 24.0 Å². The van der Waals surface area contributed by atoms with E-state index in [1.807, 2.05) is 23.1 Å². The smallest absolute Gasteiger partial charge is 0.354 e. The van der Waals surface area contributed by atoms with Crippen LogP contribution in [0, 0.1) is 0 Å². The van der Waals surface area contributed by atoms with Gasteiger partial charge in [-0.15, -0.1) is 0 Å². The number of anilines is 1. The summed E-state index contributed by atoms with van der Waals surface area (Å²) in [6, 6.07) is 9.75. The highest BCUT2D eigenvalue weighted by Gasteiger charge is 2.31. The van der Waals surface area contributed by atoms with Crippen molar-refractivity contribution in [3.05, 3.63) is 58.7 Å². The zero-order valence-corrected chi connectivity index (χ0v) is 15.2. The van der Waals surface area contributed by atoms with Crippen molar-refractivity contribution in [2.24, 2.45) is 0 Å². The molecule has 27 heavy (non-hydrogen) atoms. The average molecular weight is 398 g/mol. The Morgan fingerprint density at radius 3 is 2.78 bits per heavy atom. The maximum atomic E-state index is 12.6. The van der Waals surface area contributed by atoms with Gasteiger partial charge in [-0.05, 0) is 42.7 Å². The summed E-state index contributed by atoms with van der Waals surface area (Å²) in [5.41, 5.74) is 0.232. The van der Waals surface area contributed by atoms with Crippen LogP contribution < -0.4 is 10.2 Å². The van der Waals surface area contributed by atoms with Crippen LogP contribution in [0.15, 0.2) is 42.6 Å². The van der Waals surface area contributed by atoms with E-state index in [4.69, 9.17) is 11.6 Å². The van der Waals surface area contributed by atoms with Gasteiger partial charge in [-0.25, -0.2) is 4.98 Å². The van der Waals surface area contributed by atoms with Crippen LogP contribution in [-0.2, 0) is 17.4 Å². The molecule has 4 nitrogen and oxygen atoms in total. The third kappa shape index (κ3) is 5.35. The molecule has 3 rings (SSSR count). The van der Waals surface area contributed by atoms with Gasteiger partial charge in [0.1, 0.15) is 5.82 Å². The fourth-order valence-corrected chi connectivity index (χ4v) is 3.29. The summed E-state index contributed by atoms with van der Waals surface area (Å²) in [5.74, 6) is 0.431. The van der Waals surface area contributed by atoms with E-state index in [0.717, 1.165) is 24.2 Å². The van der Waals surface area contributed by atoms with Crippen molar-refractivity contribution in [1.29, 1.82) is 0 Å². The SMILES string of the molecule is O=C(CCc1cccc(Cl)c1)NC1CCN(c2ccc(C(F)(F)F)cn2)C1. The lowest BCUT2D eigenvalue weighted by molar-refractivity contribution is -0.137. The van der Waals surface area contributed by atoms with Crippen molar-refractivity contribution in [2.45, 2.75) is 31.5 Å². The molecule has 1 aromatic carbocycles. The number of halogens is 4. The molecule has 1 aliphatic rings. The summed E-state index contributed by atoms with van der Waals surface area (Å²) in [6.45, 7) is 1.17. The molecule has 1 aliphatic heterocycles. The van der Waals surface area contributed by atoms with E-state index in [1.165, 1.54) is 6.07 Å². The molecule has 1 fully saturated rings. The minimum Gasteiger partial charge on any atom is -0.354 e. The Balaban J connectivity index is 1.48. The van der Waals surface area contributed by atoms with Crippen LogP contribution in [-0.4, -0.2) is 30.0 Å². The molecule has 0 aliphatic carbocycles. The average Bonchev–Trinajstić information content (AvgIpc) is 3.08. The third-order valence-electron chi connectivity index (χ3n) is 4.48. The Morgan fingerprint density at radius 2 is 2.11 bits per heavy atom. The lowest BCUT2D eigenvalue weighted by Crippen LogP contribution is -2.37. The molecule has 1 atom stereocenters. The van der Waals surface area contributed by atoms with Crippen molar-refractivity contribution in [1.82, 2.24) is 10.3 Å². The van der Waals surface area contributed by atoms with E-state index in [1.54, 1.807) is 6.07 Å². The van der Waals surface area contributed by atoms with Gasteiger partial charge in [0.05, 0.1) is 5.56 Å². The first-order valence-electron chi connectivity index (χ1n) is 8.63. The fraction of sp³-hybridized carbons (Fsp3) is 0.368. The number of alkyl halides is 3. The van der Waals surface area contributed by atoms with Gasteiger partial charge in [-0.1, -0.05) is 23.7 Å². The minimum atomic E-state index is -4.39. The van der Waals surface area contributed by atoms with E-state index in [-0.39, 0.29) is 11.9 Å². The molecule has 8 heteroatoms. The van der Waals surface area contributed by atoms with E-state index in [0.29, 0.717) is 36.8 Å². The second-order valence-electron chi connectivity index (χ2n) is 6.53. The number of pyridine rings is 1. The van der Waals surface area contributed by atoms with Crippen molar-refractivity contribution < 1.29 is 18.0 Å². The highest BCUT2D eigenvalue weighted by atomic mass is 35.5. The van der Waals surface area contributed by atoms with E-state index >= 15 is 0 Å². The van der Waals surface area contributed by atoms with Crippen molar-refractivity contribution in [3.8, 4) is 0 Å². The molecule has 1 unspecified atom stereocenters. The molecular formula is C19H19ClF3N3O. The van der Waals surface area contributed by atoms with Crippen LogP contribution in [0.5, 0.6) is 0 Å². The molecule has 0 radical (unpaired) electrons. The number of nitrogens with zero attached hydrogens (tertiary/aromatic N) is 2. The zero-order valence-electron chi connectivity index (χ0n) is 14.5. The Bertz CT molecular complexity index is 796. The van der Waals surface area contributed by atoms with Crippen LogP contribution in [0.2, 0.25) is 5.02 Å². The summed E-state index contributed by atoms with van der Waals surface area (Å²) < 4.78 is 37.8. The summed E-state index contributed by atoms with van der Waals surface area (Å²) in [6.07, 6.45) is -1.87. The Kier molecular flexibility index (Phi) is 5.89. The number of benzene rings is 1. The molecule has 1 N–H and O–H groups in total. The number of rotatable bonds is 5. The van der Waals surface area contributed by atoms with Gasteiger partial charge in [0.2, 0.25) is 5.91 Å². The molecule has 2 aromatic rings. The number of nitrogens with one attached hydrogen (secondary N) is 1. The summed E-state index contributed by atoms with van der Waals surface area (Å²) >= 11 is 5.93. The van der Waals surface area contributed by atoms with Crippen molar-refractivity contribution in [3.63, 3.8) is 0 Å². The molecule has 0 bridgehead atoms. The fourth-order valence-electron chi connectivity index (χ4n) is 3.08. The standard InChI is InChI=1S/C19H19ClF3N3O/c20-15-3-1-2-13(10-15)4-7-18(27)25-16-8-9-26(12-16)17-6-5-14(11-24-17)19(21,22)23/h1-3,5-6,10-11,16H,4,7-9,12H2,(H,25,27). The number of carbonyl (C=O) groups is 1. The number of aryl methyl sites for hydroxylation is 1. The van der Waals surface area contributed by atoms with Gasteiger partial charge in [0, 0.05) is 36.8 Å². The molecule has 1 saturated heterocycles. The molecule has 0 spiro atoms. The molecule has 144 valence electrons. The second kappa shape index (κ2) is 8.17. The van der Waals surface area contributed by atoms with Crippen LogP contribution >= 0.6 is 11.6 Å². The maximum absolute atomic E-state index is 12.6. The number of amides is 1. The highest BCUT2D eigenvalue weighted by molar-refractivity contribution is 6.30. The van der Waals surface area contributed by atoms with E-state index in [2.05, 4.69) is 10.3 Å². The van der Waals surface area contributed by atoms with Gasteiger partial charge < -0.3 is 10.2 Å². The van der Waals surface area contributed by atoms with Gasteiger partial charge in [0.25, 0.3) is 0 Å². The first-order chi connectivity index (χ1) is 12.8. The van der Waals surface area contributed by atoms with Crippen LogP contribution in [0.25, 0.3) is 0 Å². The lowest BCUT2D eigenvalue weighted by Gasteiger charge is -2.18. The van der Waals surface area contributed by atoms with Gasteiger partial charge in [0.15, 0.2) is 0 Å². The first-order valence-corrected chi connectivity index (χ1v) is 9.01. The molecule has 2 heterocycles. The second-order valence-corrected chi connectivity index (χ2v) is 6.97. The monoisotopic (exact) mass is 397 g/mol. The minimum absolute atomic E-state index is 0.0408. The summed E-state index contributed by atoms with van der Waals surface area (Å²) in [4.78, 5) is 17.9. The predicted molar refractivity (Wildman–Crippen MR) is 97.8 cm³/mol. The van der Waals surface area contributed by atoms with Gasteiger partial charge in [-0.3, -0.25) is 4.79 Å².